The second-order valence-electron chi connectivity index (χ2n) is 9.15. The average Bonchev–Trinajstić information content (AvgIpc) is 3.01. The van der Waals surface area contributed by atoms with Gasteiger partial charge in [0.05, 0.1) is 17.2 Å². The Balaban J connectivity index is 0.000000151. The molecule has 5 aromatic rings. The molecule has 2 unspecified atom stereocenters. The molecule has 0 radical (unpaired) electrons. The summed E-state index contributed by atoms with van der Waals surface area (Å²) in [5, 5.41) is 1.25. The molecule has 2 heterocycles. The van der Waals surface area contributed by atoms with Crippen LogP contribution in [0.3, 0.4) is 0 Å². The van der Waals surface area contributed by atoms with Crippen molar-refractivity contribution in [1.29, 1.82) is 0 Å². The highest BCUT2D eigenvalue weighted by Gasteiger charge is 2.38. The third kappa shape index (κ3) is 4.92. The zero-order valence-electron chi connectivity index (χ0n) is 21.7. The maximum absolute atomic E-state index is 13.3. The predicted octanol–water partition coefficient (Wildman–Crippen LogP) is 7.99. The van der Waals surface area contributed by atoms with Gasteiger partial charge in [-0.1, -0.05) is 103 Å². The minimum atomic E-state index is -3.40. The number of benzene rings is 5. The van der Waals surface area contributed by atoms with E-state index in [0.717, 1.165) is 27.8 Å². The maximum Gasteiger partial charge on any atom is 0.411 e. The van der Waals surface area contributed by atoms with Gasteiger partial charge in [0, 0.05) is 29.4 Å². The van der Waals surface area contributed by atoms with Crippen molar-refractivity contribution in [2.45, 2.75) is 6.61 Å². The molecule has 0 aromatic heterocycles. The van der Waals surface area contributed by atoms with E-state index < -0.39 is 15.2 Å². The molecule has 0 spiro atoms. The van der Waals surface area contributed by atoms with E-state index in [1.54, 1.807) is 12.1 Å². The smallest absolute Gasteiger partial charge is 0.411 e. The second kappa shape index (κ2) is 10.9. The highest BCUT2D eigenvalue weighted by atomic mass is 31.2. The van der Waals surface area contributed by atoms with Gasteiger partial charge < -0.3 is 9.05 Å². The molecule has 0 amide bonds. The van der Waals surface area contributed by atoms with Gasteiger partial charge in [-0.3, -0.25) is 9.05 Å². The second-order valence-corrected chi connectivity index (χ2v) is 13.1. The molecule has 40 heavy (non-hydrogen) atoms. The van der Waals surface area contributed by atoms with Crippen LogP contribution in [0, 0.1) is 0 Å². The lowest BCUT2D eigenvalue weighted by Crippen LogP contribution is -2.19. The highest BCUT2D eigenvalue weighted by molar-refractivity contribution is 7.63. The standard InChI is InChI=1S/C19H15O3P.C13H11O3P/c20-23(21-14-15-8-2-1-3-9-15)19-13-7-5-11-17(19)16-10-4-6-12-18(16)22-23;1-15-17(14)13-9-5-3-7-11(13)10-6-2-4-8-12(10)16-17/h1-13H,14H2;2-9H,1H3. The third-order valence-corrected chi connectivity index (χ3v) is 10.5. The maximum atomic E-state index is 13.3. The Hall–Kier alpha value is -3.92. The van der Waals surface area contributed by atoms with Gasteiger partial charge in [0.1, 0.15) is 11.5 Å². The van der Waals surface area contributed by atoms with Crippen molar-refractivity contribution >= 4 is 25.8 Å². The summed E-state index contributed by atoms with van der Waals surface area (Å²) in [5.74, 6) is 1.21. The summed E-state index contributed by atoms with van der Waals surface area (Å²) >= 11 is 0. The van der Waals surface area contributed by atoms with Crippen LogP contribution in [0.4, 0.5) is 0 Å². The molecule has 0 aliphatic carbocycles. The normalized spacial score (nSPS) is 19.7. The first kappa shape index (κ1) is 26.3. The molecule has 2 aliphatic heterocycles. The summed E-state index contributed by atoms with van der Waals surface area (Å²) in [6.07, 6.45) is 0. The van der Waals surface area contributed by atoms with Crippen LogP contribution in [0.25, 0.3) is 22.3 Å². The van der Waals surface area contributed by atoms with E-state index in [-0.39, 0.29) is 6.61 Å². The minimum absolute atomic E-state index is 0.245. The van der Waals surface area contributed by atoms with Crippen LogP contribution < -0.4 is 19.7 Å². The van der Waals surface area contributed by atoms with Crippen LogP contribution in [0.15, 0.2) is 127 Å². The van der Waals surface area contributed by atoms with Crippen LogP contribution in [-0.2, 0) is 24.8 Å². The van der Waals surface area contributed by atoms with E-state index >= 15 is 0 Å². The molecular formula is C32H26O6P2. The number of hydrogen-bond acceptors (Lipinski definition) is 6. The molecule has 6 nitrogen and oxygen atoms in total. The van der Waals surface area contributed by atoms with Crippen molar-refractivity contribution < 1.29 is 27.2 Å². The largest absolute Gasteiger partial charge is 0.421 e. The lowest BCUT2D eigenvalue weighted by atomic mass is 10.0. The minimum Gasteiger partial charge on any atom is -0.421 e. The molecule has 2 atom stereocenters. The van der Waals surface area contributed by atoms with Crippen LogP contribution >= 0.6 is 15.2 Å². The zero-order valence-corrected chi connectivity index (χ0v) is 23.5. The molecule has 5 aromatic carbocycles. The van der Waals surface area contributed by atoms with E-state index in [4.69, 9.17) is 18.1 Å². The Bertz CT molecular complexity index is 1770. The summed E-state index contributed by atoms with van der Waals surface area (Å²) in [7, 11) is -5.21. The highest BCUT2D eigenvalue weighted by Crippen LogP contribution is 2.56. The summed E-state index contributed by atoms with van der Waals surface area (Å²) < 4.78 is 48.1. The number of fused-ring (bicyclic) bond motifs is 6. The Morgan fingerprint density at radius 1 is 0.525 bits per heavy atom. The average molecular weight is 569 g/mol. The SMILES string of the molecule is COP1(=O)Oc2ccccc2-c2ccccc21.O=P1(OCc2ccccc2)Oc2ccccc2-c2ccccc21. The first-order chi connectivity index (χ1) is 19.5. The molecule has 0 saturated carbocycles. The molecule has 0 N–H and O–H groups in total. The first-order valence-corrected chi connectivity index (χ1v) is 15.8. The van der Waals surface area contributed by atoms with Crippen molar-refractivity contribution in [3.63, 3.8) is 0 Å². The quantitative estimate of drug-likeness (QED) is 0.205. The van der Waals surface area contributed by atoms with E-state index in [9.17, 15) is 9.13 Å². The number of hydrogen-bond donors (Lipinski definition) is 0. The van der Waals surface area contributed by atoms with Gasteiger partial charge >= 0.3 is 15.2 Å². The Morgan fingerprint density at radius 2 is 0.950 bits per heavy atom. The van der Waals surface area contributed by atoms with Crippen molar-refractivity contribution in [3.05, 3.63) is 133 Å². The Morgan fingerprint density at radius 3 is 1.50 bits per heavy atom. The zero-order chi connectivity index (χ0) is 27.6. The third-order valence-electron chi connectivity index (χ3n) is 6.67. The van der Waals surface area contributed by atoms with Crippen LogP contribution in [0.2, 0.25) is 0 Å². The topological polar surface area (TPSA) is 71.1 Å². The molecule has 0 bridgehead atoms. The van der Waals surface area contributed by atoms with Crippen molar-refractivity contribution in [3.8, 4) is 33.8 Å². The van der Waals surface area contributed by atoms with Crippen LogP contribution in [0.5, 0.6) is 11.5 Å². The summed E-state index contributed by atoms with van der Waals surface area (Å²) in [5.41, 5.74) is 4.68. The van der Waals surface area contributed by atoms with Crippen molar-refractivity contribution in [2.24, 2.45) is 0 Å². The fourth-order valence-electron chi connectivity index (χ4n) is 4.74. The monoisotopic (exact) mass is 568 g/mol. The van der Waals surface area contributed by atoms with Gasteiger partial charge in [-0.2, -0.15) is 0 Å². The van der Waals surface area contributed by atoms with Gasteiger partial charge in [-0.15, -0.1) is 0 Å². The Kier molecular flexibility index (Phi) is 7.18. The lowest BCUT2D eigenvalue weighted by Gasteiger charge is -2.27. The van der Waals surface area contributed by atoms with Crippen molar-refractivity contribution in [2.75, 3.05) is 7.11 Å². The van der Waals surface area contributed by atoms with Gasteiger partial charge in [0.25, 0.3) is 0 Å². The fourth-order valence-corrected chi connectivity index (χ4v) is 8.07. The van der Waals surface area contributed by atoms with E-state index in [1.165, 1.54) is 7.11 Å². The van der Waals surface area contributed by atoms with Crippen LogP contribution in [0.1, 0.15) is 5.56 Å². The van der Waals surface area contributed by atoms with Gasteiger partial charge in [-0.05, 0) is 29.8 Å². The lowest BCUT2D eigenvalue weighted by molar-refractivity contribution is 0.264. The number of rotatable bonds is 4. The number of para-hydroxylation sites is 2. The molecule has 7 rings (SSSR count). The van der Waals surface area contributed by atoms with Gasteiger partial charge in [0.2, 0.25) is 0 Å². The van der Waals surface area contributed by atoms with Gasteiger partial charge in [0.15, 0.2) is 0 Å². The van der Waals surface area contributed by atoms with E-state index in [0.29, 0.717) is 22.1 Å². The molecule has 2 aliphatic rings. The van der Waals surface area contributed by atoms with E-state index in [2.05, 4.69) is 0 Å². The molecule has 8 heteroatoms. The molecule has 0 fully saturated rings. The van der Waals surface area contributed by atoms with E-state index in [1.807, 2.05) is 115 Å². The molecule has 0 saturated heterocycles. The first-order valence-electron chi connectivity index (χ1n) is 12.7. The molecule has 200 valence electrons. The Labute approximate surface area is 233 Å². The molecular weight excluding hydrogens is 542 g/mol. The van der Waals surface area contributed by atoms with Crippen LogP contribution in [-0.4, -0.2) is 7.11 Å². The fraction of sp³-hybridized carbons (Fsp3) is 0.0625. The van der Waals surface area contributed by atoms with Gasteiger partial charge in [-0.25, -0.2) is 9.13 Å². The summed E-state index contributed by atoms with van der Waals surface area (Å²) in [4.78, 5) is 0. The van der Waals surface area contributed by atoms with Crippen molar-refractivity contribution in [1.82, 2.24) is 0 Å². The summed E-state index contributed by atoms with van der Waals surface area (Å²) in [6.45, 7) is 0.245. The predicted molar refractivity (Wildman–Crippen MR) is 158 cm³/mol. The summed E-state index contributed by atoms with van der Waals surface area (Å²) in [6, 6.07) is 39.9.